The second-order valence-corrected chi connectivity index (χ2v) is 7.87. The van der Waals surface area contributed by atoms with Crippen molar-refractivity contribution in [2.75, 3.05) is 0 Å². The third-order valence-corrected chi connectivity index (χ3v) is 5.95. The van der Waals surface area contributed by atoms with Crippen molar-refractivity contribution in [1.29, 1.82) is 0 Å². The highest BCUT2D eigenvalue weighted by Crippen LogP contribution is 2.36. The fourth-order valence-corrected chi connectivity index (χ4v) is 4.21. The molecule has 0 bridgehead atoms. The largest absolute Gasteiger partial charge is 0.148 e. The fraction of sp³-hybridized carbons (Fsp3) is 0.0667. The van der Waals surface area contributed by atoms with Gasteiger partial charge in [-0.3, -0.25) is 0 Å². The van der Waals surface area contributed by atoms with Crippen LogP contribution in [0.2, 0.25) is 0 Å². The zero-order valence-electron chi connectivity index (χ0n) is 10.6. The molecular formula is C15H9BrClIN2S. The second-order valence-electron chi connectivity index (χ2n) is 4.34. The summed E-state index contributed by atoms with van der Waals surface area (Å²) in [6.45, 7) is 0. The van der Waals surface area contributed by atoms with Crippen molar-refractivity contribution in [3.05, 3.63) is 67.1 Å². The summed E-state index contributed by atoms with van der Waals surface area (Å²) in [5, 5.41) is 9.99. The lowest BCUT2D eigenvalue weighted by atomic mass is 10.1. The van der Waals surface area contributed by atoms with E-state index in [-0.39, 0.29) is 5.38 Å². The Morgan fingerprint density at radius 3 is 2.62 bits per heavy atom. The molecule has 0 aliphatic carbocycles. The molecule has 2 nitrogen and oxygen atoms in total. The van der Waals surface area contributed by atoms with Gasteiger partial charge in [0.25, 0.3) is 0 Å². The molecule has 106 valence electrons. The standard InChI is InChI=1S/C15H9BrClIN2S/c16-10-6-7-12(18)11(8-10)14-19-20-15(21-14)13(17)9-4-2-1-3-5-9/h1-8,13H. The summed E-state index contributed by atoms with van der Waals surface area (Å²) in [6.07, 6.45) is 0. The van der Waals surface area contributed by atoms with Crippen molar-refractivity contribution in [3.8, 4) is 10.6 Å². The highest BCUT2D eigenvalue weighted by atomic mass is 127. The van der Waals surface area contributed by atoms with E-state index in [2.05, 4.69) is 60.9 Å². The maximum atomic E-state index is 6.50. The van der Waals surface area contributed by atoms with Gasteiger partial charge in [0.15, 0.2) is 0 Å². The summed E-state index contributed by atoms with van der Waals surface area (Å²) >= 11 is 13.8. The van der Waals surface area contributed by atoms with Crippen LogP contribution in [0.3, 0.4) is 0 Å². The molecule has 1 unspecified atom stereocenters. The van der Waals surface area contributed by atoms with E-state index in [9.17, 15) is 0 Å². The predicted octanol–water partition coefficient (Wildman–Crippen LogP) is 5.90. The lowest BCUT2D eigenvalue weighted by Crippen LogP contribution is -1.91. The maximum Gasteiger partial charge on any atom is 0.148 e. The quantitative estimate of drug-likeness (QED) is 0.337. The summed E-state index contributed by atoms with van der Waals surface area (Å²) in [5.74, 6) is 0. The molecule has 1 atom stereocenters. The molecule has 1 heterocycles. The molecule has 0 spiro atoms. The molecule has 0 saturated carbocycles. The number of benzene rings is 2. The van der Waals surface area contributed by atoms with Crippen molar-refractivity contribution in [1.82, 2.24) is 10.2 Å². The number of halogens is 3. The van der Waals surface area contributed by atoms with Crippen molar-refractivity contribution in [2.45, 2.75) is 5.38 Å². The molecule has 3 rings (SSSR count). The Morgan fingerprint density at radius 1 is 1.10 bits per heavy atom. The highest BCUT2D eigenvalue weighted by molar-refractivity contribution is 14.1. The molecule has 1 aromatic heterocycles. The summed E-state index contributed by atoms with van der Waals surface area (Å²) in [5.41, 5.74) is 2.11. The molecule has 0 saturated heterocycles. The van der Waals surface area contributed by atoms with Gasteiger partial charge in [-0.2, -0.15) is 0 Å². The van der Waals surface area contributed by atoms with Crippen LogP contribution >= 0.6 is 61.5 Å². The van der Waals surface area contributed by atoms with Crippen LogP contribution in [0.15, 0.2) is 53.0 Å². The van der Waals surface area contributed by atoms with Gasteiger partial charge in [0.05, 0.1) is 0 Å². The molecular weight excluding hydrogens is 483 g/mol. The van der Waals surface area contributed by atoms with Crippen LogP contribution in [-0.2, 0) is 0 Å². The maximum absolute atomic E-state index is 6.50. The first kappa shape index (κ1) is 15.4. The second kappa shape index (κ2) is 6.73. The molecule has 6 heteroatoms. The van der Waals surface area contributed by atoms with E-state index >= 15 is 0 Å². The first-order valence-corrected chi connectivity index (χ1v) is 9.25. The number of aromatic nitrogens is 2. The van der Waals surface area contributed by atoms with Crippen molar-refractivity contribution in [3.63, 3.8) is 0 Å². The Labute approximate surface area is 153 Å². The van der Waals surface area contributed by atoms with Gasteiger partial charge >= 0.3 is 0 Å². The van der Waals surface area contributed by atoms with Crippen molar-refractivity contribution >= 4 is 61.5 Å². The number of hydrogen-bond acceptors (Lipinski definition) is 3. The summed E-state index contributed by atoms with van der Waals surface area (Å²) in [6, 6.07) is 16.1. The van der Waals surface area contributed by atoms with Gasteiger partial charge in [-0.15, -0.1) is 21.8 Å². The van der Waals surface area contributed by atoms with E-state index in [1.165, 1.54) is 11.3 Å². The van der Waals surface area contributed by atoms with E-state index < -0.39 is 0 Å². The van der Waals surface area contributed by atoms with Gasteiger partial charge in [-0.1, -0.05) is 57.6 Å². The molecule has 0 amide bonds. The normalized spacial score (nSPS) is 12.3. The van der Waals surface area contributed by atoms with Crippen LogP contribution in [0, 0.1) is 3.57 Å². The predicted molar refractivity (Wildman–Crippen MR) is 99.9 cm³/mol. The minimum Gasteiger partial charge on any atom is -0.141 e. The van der Waals surface area contributed by atoms with Crippen LogP contribution < -0.4 is 0 Å². The van der Waals surface area contributed by atoms with Gasteiger partial charge in [-0.05, 0) is 46.4 Å². The van der Waals surface area contributed by atoms with E-state index in [0.717, 1.165) is 29.2 Å². The summed E-state index contributed by atoms with van der Waals surface area (Å²) < 4.78 is 2.17. The summed E-state index contributed by atoms with van der Waals surface area (Å²) in [4.78, 5) is 0. The van der Waals surface area contributed by atoms with Crippen molar-refractivity contribution in [2.24, 2.45) is 0 Å². The smallest absolute Gasteiger partial charge is 0.141 e. The number of hydrogen-bond donors (Lipinski definition) is 0. The third kappa shape index (κ3) is 3.47. The Bertz CT molecular complexity index is 763. The van der Waals surface area contributed by atoms with Gasteiger partial charge in [0.2, 0.25) is 0 Å². The SMILES string of the molecule is ClC(c1ccccc1)c1nnc(-c2cc(Br)ccc2I)s1. The monoisotopic (exact) mass is 490 g/mol. The minimum atomic E-state index is -0.262. The fourth-order valence-electron chi connectivity index (χ4n) is 1.87. The van der Waals surface area contributed by atoms with Crippen LogP contribution in [0.4, 0.5) is 0 Å². The van der Waals surface area contributed by atoms with E-state index in [0.29, 0.717) is 0 Å². The van der Waals surface area contributed by atoms with E-state index in [1.54, 1.807) is 0 Å². The van der Waals surface area contributed by atoms with Crippen LogP contribution in [0.1, 0.15) is 15.9 Å². The number of nitrogens with zero attached hydrogens (tertiary/aromatic N) is 2. The van der Waals surface area contributed by atoms with E-state index in [4.69, 9.17) is 11.6 Å². The zero-order chi connectivity index (χ0) is 14.8. The van der Waals surface area contributed by atoms with Crippen LogP contribution in [0.25, 0.3) is 10.6 Å². The minimum absolute atomic E-state index is 0.262. The molecule has 0 radical (unpaired) electrons. The average Bonchev–Trinajstić information content (AvgIpc) is 2.99. The Kier molecular flexibility index (Phi) is 4.93. The Balaban J connectivity index is 1.95. The molecule has 21 heavy (non-hydrogen) atoms. The first-order chi connectivity index (χ1) is 10.1. The zero-order valence-corrected chi connectivity index (χ0v) is 15.9. The van der Waals surface area contributed by atoms with Gasteiger partial charge < -0.3 is 0 Å². The molecule has 0 fully saturated rings. The summed E-state index contributed by atoms with van der Waals surface area (Å²) in [7, 11) is 0. The topological polar surface area (TPSA) is 25.8 Å². The number of rotatable bonds is 3. The molecule has 0 aliphatic heterocycles. The third-order valence-electron chi connectivity index (χ3n) is 2.91. The average molecular weight is 492 g/mol. The van der Waals surface area contributed by atoms with E-state index in [1.807, 2.05) is 36.4 Å². The Morgan fingerprint density at radius 2 is 1.86 bits per heavy atom. The van der Waals surface area contributed by atoms with Crippen LogP contribution in [-0.4, -0.2) is 10.2 Å². The van der Waals surface area contributed by atoms with Gasteiger partial charge in [0, 0.05) is 13.6 Å². The van der Waals surface area contributed by atoms with Crippen LogP contribution in [0.5, 0.6) is 0 Å². The highest BCUT2D eigenvalue weighted by Gasteiger charge is 2.17. The number of alkyl halides is 1. The lowest BCUT2D eigenvalue weighted by molar-refractivity contribution is 0.988. The molecule has 2 aromatic carbocycles. The molecule has 0 aliphatic rings. The molecule has 0 N–H and O–H groups in total. The van der Waals surface area contributed by atoms with Gasteiger partial charge in [0.1, 0.15) is 15.4 Å². The first-order valence-electron chi connectivity index (χ1n) is 6.13. The van der Waals surface area contributed by atoms with Crippen molar-refractivity contribution < 1.29 is 0 Å². The van der Waals surface area contributed by atoms with Gasteiger partial charge in [-0.25, -0.2) is 0 Å². The Hall–Kier alpha value is -0.500. The lowest BCUT2D eigenvalue weighted by Gasteiger charge is -2.04. The molecule has 3 aromatic rings.